The van der Waals surface area contributed by atoms with Crippen LogP contribution in [0.4, 0.5) is 0 Å². The lowest BCUT2D eigenvalue weighted by molar-refractivity contribution is -0.329. The summed E-state index contributed by atoms with van der Waals surface area (Å²) in [5.74, 6) is -0.342. The van der Waals surface area contributed by atoms with E-state index in [9.17, 15) is 9.90 Å². The highest BCUT2D eigenvalue weighted by Crippen LogP contribution is 2.43. The molecule has 1 N–H and O–H groups in total. The second-order valence-corrected chi connectivity index (χ2v) is 7.67. The summed E-state index contributed by atoms with van der Waals surface area (Å²) in [5, 5.41) is 12.8. The number of aliphatic hydroxyl groups excluding tert-OH is 1. The Kier molecular flexibility index (Phi) is 5.13. The zero-order chi connectivity index (χ0) is 16.6. The van der Waals surface area contributed by atoms with Crippen LogP contribution in [0.5, 0.6) is 0 Å². The first-order valence-electron chi connectivity index (χ1n) is 7.86. The molecule has 0 radical (unpaired) electrons. The summed E-state index contributed by atoms with van der Waals surface area (Å²) >= 11 is 0. The van der Waals surface area contributed by atoms with Crippen molar-refractivity contribution in [1.82, 2.24) is 9.96 Å². The Morgan fingerprint density at radius 2 is 1.76 bits per heavy atom. The number of aliphatic hydroxyl groups is 1. The Labute approximate surface area is 129 Å². The van der Waals surface area contributed by atoms with Crippen molar-refractivity contribution in [2.24, 2.45) is 0 Å². The van der Waals surface area contributed by atoms with E-state index < -0.39 is 11.8 Å². The van der Waals surface area contributed by atoms with E-state index in [1.165, 1.54) is 6.92 Å². The first-order chi connectivity index (χ1) is 9.42. The highest BCUT2D eigenvalue weighted by Gasteiger charge is 2.57. The van der Waals surface area contributed by atoms with E-state index in [-0.39, 0.29) is 17.0 Å². The van der Waals surface area contributed by atoms with Crippen molar-refractivity contribution in [2.45, 2.75) is 91.1 Å². The highest BCUT2D eigenvalue weighted by molar-refractivity contribution is 5.65. The molecule has 1 heterocycles. The molecule has 1 atom stereocenters. The van der Waals surface area contributed by atoms with Gasteiger partial charge in [0.2, 0.25) is 0 Å². The number of hydrogen-bond acceptors (Lipinski definition) is 5. The van der Waals surface area contributed by atoms with Crippen molar-refractivity contribution in [3.63, 3.8) is 0 Å². The van der Waals surface area contributed by atoms with Crippen LogP contribution >= 0.6 is 0 Å². The predicted octanol–water partition coefficient (Wildman–Crippen LogP) is 2.54. The van der Waals surface area contributed by atoms with Gasteiger partial charge < -0.3 is 9.94 Å². The topological polar surface area (TPSA) is 53.0 Å². The third-order valence-electron chi connectivity index (χ3n) is 4.59. The lowest BCUT2D eigenvalue weighted by Crippen LogP contribution is -2.76. The van der Waals surface area contributed by atoms with Gasteiger partial charge in [-0.2, -0.15) is 0 Å². The molecule has 0 amide bonds. The van der Waals surface area contributed by atoms with Crippen molar-refractivity contribution < 1.29 is 14.7 Å². The molecule has 1 aliphatic rings. The molecule has 5 nitrogen and oxygen atoms in total. The summed E-state index contributed by atoms with van der Waals surface area (Å²) in [6.07, 6.45) is 0.724. The van der Waals surface area contributed by atoms with E-state index in [0.717, 1.165) is 0 Å². The Balaban J connectivity index is 3.36. The lowest BCUT2D eigenvalue weighted by Gasteiger charge is -2.61. The Hall–Kier alpha value is -0.650. The number of nitrogens with zero attached hydrogens (tertiary/aromatic N) is 2. The fraction of sp³-hybridized carbons (Fsp3) is 0.938. The summed E-state index contributed by atoms with van der Waals surface area (Å²) in [5.41, 5.74) is -1.13. The minimum Gasteiger partial charge on any atom is -0.376 e. The zero-order valence-electron chi connectivity index (χ0n) is 14.9. The molecule has 1 rings (SSSR count). The largest absolute Gasteiger partial charge is 0.376 e. The maximum Gasteiger partial charge on any atom is 0.322 e. The van der Waals surface area contributed by atoms with Gasteiger partial charge in [-0.1, -0.05) is 13.8 Å². The molecule has 0 aromatic heterocycles. The summed E-state index contributed by atoms with van der Waals surface area (Å²) in [6, 6.07) is 0. The van der Waals surface area contributed by atoms with Gasteiger partial charge in [-0.25, -0.2) is 0 Å². The van der Waals surface area contributed by atoms with Crippen LogP contribution in [0, 0.1) is 0 Å². The normalized spacial score (nSPS) is 26.6. The molecule has 0 spiro atoms. The minimum atomic E-state index is -0.681. The standard InChI is InChI=1S/C16H32N2O3/c1-9-16(10-2)13(20)17(14(4,5)6)11-15(7,8)18(16)21-12(3)19/h13,20H,9-11H2,1-8H3. The first-order valence-corrected chi connectivity index (χ1v) is 7.86. The van der Waals surface area contributed by atoms with Gasteiger partial charge >= 0.3 is 5.97 Å². The average Bonchev–Trinajstić information content (AvgIpc) is 2.33. The molecular weight excluding hydrogens is 268 g/mol. The van der Waals surface area contributed by atoms with Gasteiger partial charge in [0.25, 0.3) is 0 Å². The summed E-state index contributed by atoms with van der Waals surface area (Å²) in [4.78, 5) is 19.2. The van der Waals surface area contributed by atoms with Crippen LogP contribution in [-0.2, 0) is 9.63 Å². The van der Waals surface area contributed by atoms with E-state index in [1.807, 2.05) is 13.8 Å². The molecule has 21 heavy (non-hydrogen) atoms. The minimum absolute atomic E-state index is 0.158. The molecule has 0 aromatic carbocycles. The summed E-state index contributed by atoms with van der Waals surface area (Å²) in [6.45, 7) is 16.5. The Morgan fingerprint density at radius 1 is 1.29 bits per heavy atom. The molecule has 1 saturated heterocycles. The number of carbonyl (C=O) groups is 1. The fourth-order valence-corrected chi connectivity index (χ4v) is 3.41. The molecule has 1 fully saturated rings. The van der Waals surface area contributed by atoms with Crippen LogP contribution in [0.3, 0.4) is 0 Å². The van der Waals surface area contributed by atoms with Gasteiger partial charge in [0.15, 0.2) is 0 Å². The maximum atomic E-state index is 11.5. The maximum absolute atomic E-state index is 11.5. The highest BCUT2D eigenvalue weighted by atomic mass is 16.7. The molecular formula is C16H32N2O3. The molecule has 1 aliphatic heterocycles. The smallest absolute Gasteiger partial charge is 0.322 e. The quantitative estimate of drug-likeness (QED) is 0.868. The van der Waals surface area contributed by atoms with E-state index in [4.69, 9.17) is 4.84 Å². The van der Waals surface area contributed by atoms with Gasteiger partial charge in [0.05, 0.1) is 11.1 Å². The second kappa shape index (κ2) is 5.86. The van der Waals surface area contributed by atoms with Crippen molar-refractivity contribution in [3.8, 4) is 0 Å². The molecule has 1 unspecified atom stereocenters. The zero-order valence-corrected chi connectivity index (χ0v) is 14.9. The molecule has 5 heteroatoms. The van der Waals surface area contributed by atoms with Gasteiger partial charge in [0.1, 0.15) is 6.23 Å². The number of hydroxylamine groups is 2. The van der Waals surface area contributed by atoms with Gasteiger partial charge in [-0.15, -0.1) is 5.06 Å². The van der Waals surface area contributed by atoms with Crippen LogP contribution in [0.15, 0.2) is 0 Å². The number of carbonyl (C=O) groups excluding carboxylic acids is 1. The molecule has 124 valence electrons. The van der Waals surface area contributed by atoms with E-state index in [1.54, 1.807) is 5.06 Å². The van der Waals surface area contributed by atoms with Gasteiger partial charge in [0, 0.05) is 19.0 Å². The van der Waals surface area contributed by atoms with Crippen molar-refractivity contribution in [2.75, 3.05) is 6.54 Å². The van der Waals surface area contributed by atoms with E-state index in [2.05, 4.69) is 39.5 Å². The number of rotatable bonds is 3. The van der Waals surface area contributed by atoms with E-state index >= 15 is 0 Å². The fourth-order valence-electron chi connectivity index (χ4n) is 3.41. The number of piperazine rings is 1. The van der Waals surface area contributed by atoms with Gasteiger partial charge in [-0.05, 0) is 47.5 Å². The number of hydrogen-bond donors (Lipinski definition) is 1. The first kappa shape index (κ1) is 18.4. The SMILES string of the molecule is CCC1(CC)C(O)N(C(C)(C)C)CC(C)(C)N1OC(C)=O. The molecule has 0 aromatic rings. The monoisotopic (exact) mass is 300 g/mol. The average molecular weight is 300 g/mol. The third-order valence-corrected chi connectivity index (χ3v) is 4.59. The van der Waals surface area contributed by atoms with E-state index in [0.29, 0.717) is 19.4 Å². The van der Waals surface area contributed by atoms with Crippen LogP contribution < -0.4 is 0 Å². The molecule has 0 aliphatic carbocycles. The third kappa shape index (κ3) is 3.25. The Bertz CT molecular complexity index is 383. The van der Waals surface area contributed by atoms with Crippen molar-refractivity contribution >= 4 is 5.97 Å². The summed E-state index contributed by atoms with van der Waals surface area (Å²) < 4.78 is 0. The molecule has 0 saturated carbocycles. The van der Waals surface area contributed by atoms with Gasteiger partial charge in [-0.3, -0.25) is 9.69 Å². The van der Waals surface area contributed by atoms with Crippen LogP contribution in [0.1, 0.15) is 68.2 Å². The van der Waals surface area contributed by atoms with Crippen LogP contribution in [0.25, 0.3) is 0 Å². The van der Waals surface area contributed by atoms with Crippen LogP contribution in [-0.4, -0.2) is 50.4 Å². The second-order valence-electron chi connectivity index (χ2n) is 7.67. The predicted molar refractivity (Wildman–Crippen MR) is 83.5 cm³/mol. The summed E-state index contributed by atoms with van der Waals surface area (Å²) in [7, 11) is 0. The lowest BCUT2D eigenvalue weighted by atomic mass is 9.80. The van der Waals surface area contributed by atoms with Crippen molar-refractivity contribution in [1.29, 1.82) is 0 Å². The Morgan fingerprint density at radius 3 is 2.10 bits per heavy atom. The van der Waals surface area contributed by atoms with Crippen LogP contribution in [0.2, 0.25) is 0 Å². The molecule has 0 bridgehead atoms. The van der Waals surface area contributed by atoms with Crippen molar-refractivity contribution in [3.05, 3.63) is 0 Å².